The van der Waals surface area contributed by atoms with Gasteiger partial charge in [-0.2, -0.15) is 0 Å². The maximum Gasteiger partial charge on any atom is 0.00940 e. The molecule has 0 radical (unpaired) electrons. The van der Waals surface area contributed by atoms with Gasteiger partial charge < -0.3 is 10.6 Å². The van der Waals surface area contributed by atoms with Crippen LogP contribution >= 0.6 is 0 Å². The van der Waals surface area contributed by atoms with Gasteiger partial charge >= 0.3 is 0 Å². The summed E-state index contributed by atoms with van der Waals surface area (Å²) in [7, 11) is 0. The molecule has 0 aliphatic carbocycles. The standard InChI is InChI=1S/C18H30N2/c1-13-8-14(2)11-20(10-13)12-17(9-19)18-15(3)6-5-7-16(18)4/h5-7,13-14,17H,8-12,19H2,1-4H3. The van der Waals surface area contributed by atoms with Gasteiger partial charge in [-0.3, -0.25) is 0 Å². The van der Waals surface area contributed by atoms with Crippen molar-refractivity contribution in [1.82, 2.24) is 4.90 Å². The second kappa shape index (κ2) is 6.73. The van der Waals surface area contributed by atoms with Gasteiger partial charge in [0.2, 0.25) is 0 Å². The van der Waals surface area contributed by atoms with Gasteiger partial charge in [0, 0.05) is 32.1 Å². The summed E-state index contributed by atoms with van der Waals surface area (Å²) in [6, 6.07) is 6.58. The molecule has 1 aromatic rings. The van der Waals surface area contributed by atoms with Crippen molar-refractivity contribution in [3.8, 4) is 0 Å². The Labute approximate surface area is 124 Å². The smallest absolute Gasteiger partial charge is 0.00940 e. The fraction of sp³-hybridized carbons (Fsp3) is 0.667. The zero-order valence-electron chi connectivity index (χ0n) is 13.5. The van der Waals surface area contributed by atoms with Crippen molar-refractivity contribution in [2.24, 2.45) is 17.6 Å². The lowest BCUT2D eigenvalue weighted by atomic mass is 9.87. The lowest BCUT2D eigenvalue weighted by Gasteiger charge is -2.37. The number of likely N-dealkylation sites (tertiary alicyclic amines) is 1. The number of aryl methyl sites for hydroxylation is 2. The van der Waals surface area contributed by atoms with E-state index in [2.05, 4.69) is 50.8 Å². The average Bonchev–Trinajstić information content (AvgIpc) is 2.36. The Morgan fingerprint density at radius 3 is 2.20 bits per heavy atom. The van der Waals surface area contributed by atoms with Crippen LogP contribution in [-0.2, 0) is 0 Å². The van der Waals surface area contributed by atoms with Gasteiger partial charge in [-0.15, -0.1) is 0 Å². The summed E-state index contributed by atoms with van der Waals surface area (Å²) >= 11 is 0. The summed E-state index contributed by atoms with van der Waals surface area (Å²) in [6.45, 7) is 13.5. The molecule has 1 aromatic carbocycles. The van der Waals surface area contributed by atoms with Crippen molar-refractivity contribution < 1.29 is 0 Å². The van der Waals surface area contributed by atoms with Gasteiger partial charge in [0.15, 0.2) is 0 Å². The first-order valence-electron chi connectivity index (χ1n) is 7.99. The zero-order valence-corrected chi connectivity index (χ0v) is 13.5. The lowest BCUT2D eigenvalue weighted by Crippen LogP contribution is -2.42. The molecule has 0 amide bonds. The molecule has 20 heavy (non-hydrogen) atoms. The molecule has 0 saturated carbocycles. The number of nitrogens with zero attached hydrogens (tertiary/aromatic N) is 1. The quantitative estimate of drug-likeness (QED) is 0.912. The van der Waals surface area contributed by atoms with E-state index >= 15 is 0 Å². The van der Waals surface area contributed by atoms with E-state index in [1.165, 1.54) is 36.2 Å². The number of hydrogen-bond acceptors (Lipinski definition) is 2. The van der Waals surface area contributed by atoms with Crippen LogP contribution in [0, 0.1) is 25.7 Å². The van der Waals surface area contributed by atoms with E-state index in [-0.39, 0.29) is 0 Å². The fourth-order valence-electron chi connectivity index (χ4n) is 4.01. The van der Waals surface area contributed by atoms with E-state index in [0.29, 0.717) is 5.92 Å². The normalized spacial score (nSPS) is 25.6. The second-order valence-electron chi connectivity index (χ2n) is 6.90. The third-order valence-electron chi connectivity index (χ3n) is 4.66. The van der Waals surface area contributed by atoms with E-state index < -0.39 is 0 Å². The number of piperidine rings is 1. The fourth-order valence-corrected chi connectivity index (χ4v) is 4.01. The SMILES string of the molecule is Cc1cccc(C)c1C(CN)CN1CC(C)CC(C)C1. The summed E-state index contributed by atoms with van der Waals surface area (Å²) in [5.74, 6) is 2.10. The molecular weight excluding hydrogens is 244 g/mol. The van der Waals surface area contributed by atoms with Gasteiger partial charge in [0.1, 0.15) is 0 Å². The lowest BCUT2D eigenvalue weighted by molar-refractivity contribution is 0.134. The Morgan fingerprint density at radius 1 is 1.15 bits per heavy atom. The van der Waals surface area contributed by atoms with E-state index in [9.17, 15) is 0 Å². The van der Waals surface area contributed by atoms with Gasteiger partial charge in [-0.25, -0.2) is 0 Å². The van der Waals surface area contributed by atoms with Crippen LogP contribution in [0.5, 0.6) is 0 Å². The Morgan fingerprint density at radius 2 is 1.70 bits per heavy atom. The molecule has 112 valence electrons. The Hall–Kier alpha value is -0.860. The molecule has 2 rings (SSSR count). The average molecular weight is 274 g/mol. The number of nitrogens with two attached hydrogens (primary N) is 1. The van der Waals surface area contributed by atoms with Gasteiger partial charge in [0.25, 0.3) is 0 Å². The largest absolute Gasteiger partial charge is 0.330 e. The van der Waals surface area contributed by atoms with Crippen molar-refractivity contribution in [2.45, 2.75) is 40.0 Å². The molecule has 2 nitrogen and oxygen atoms in total. The molecule has 1 fully saturated rings. The van der Waals surface area contributed by atoms with Crippen LogP contribution in [0.25, 0.3) is 0 Å². The first kappa shape index (κ1) is 15.5. The molecule has 1 aliphatic rings. The minimum absolute atomic E-state index is 0.466. The Bertz CT molecular complexity index is 411. The molecule has 3 unspecified atom stereocenters. The molecular formula is C18H30N2. The topological polar surface area (TPSA) is 29.3 Å². The summed E-state index contributed by atoms with van der Waals surface area (Å²) in [5.41, 5.74) is 10.4. The van der Waals surface area contributed by atoms with E-state index in [1.54, 1.807) is 0 Å². The van der Waals surface area contributed by atoms with Crippen LogP contribution in [0.4, 0.5) is 0 Å². The zero-order chi connectivity index (χ0) is 14.7. The molecule has 1 heterocycles. The molecule has 0 spiro atoms. The monoisotopic (exact) mass is 274 g/mol. The first-order valence-corrected chi connectivity index (χ1v) is 7.99. The predicted octanol–water partition coefficient (Wildman–Crippen LogP) is 3.32. The van der Waals surface area contributed by atoms with Crippen molar-refractivity contribution in [3.63, 3.8) is 0 Å². The van der Waals surface area contributed by atoms with Gasteiger partial charge in [-0.05, 0) is 48.8 Å². The van der Waals surface area contributed by atoms with Crippen molar-refractivity contribution in [1.29, 1.82) is 0 Å². The number of benzene rings is 1. The predicted molar refractivity (Wildman–Crippen MR) is 87.1 cm³/mol. The minimum Gasteiger partial charge on any atom is -0.330 e. The molecule has 0 aromatic heterocycles. The highest BCUT2D eigenvalue weighted by Gasteiger charge is 2.25. The molecule has 0 bridgehead atoms. The van der Waals surface area contributed by atoms with Crippen LogP contribution in [0.1, 0.15) is 42.9 Å². The molecule has 2 heteroatoms. The molecule has 1 saturated heterocycles. The van der Waals surface area contributed by atoms with Crippen LogP contribution in [0.15, 0.2) is 18.2 Å². The van der Waals surface area contributed by atoms with Crippen LogP contribution in [0.2, 0.25) is 0 Å². The minimum atomic E-state index is 0.466. The summed E-state index contributed by atoms with van der Waals surface area (Å²) in [5, 5.41) is 0. The van der Waals surface area contributed by atoms with Crippen molar-refractivity contribution in [3.05, 3.63) is 34.9 Å². The van der Waals surface area contributed by atoms with Crippen molar-refractivity contribution >= 4 is 0 Å². The second-order valence-corrected chi connectivity index (χ2v) is 6.90. The summed E-state index contributed by atoms with van der Waals surface area (Å²) in [4.78, 5) is 2.63. The first-order chi connectivity index (χ1) is 9.51. The highest BCUT2D eigenvalue weighted by Crippen LogP contribution is 2.27. The molecule has 1 aliphatic heterocycles. The number of hydrogen-bond donors (Lipinski definition) is 1. The van der Waals surface area contributed by atoms with E-state index in [4.69, 9.17) is 5.73 Å². The highest BCUT2D eigenvalue weighted by molar-refractivity contribution is 5.37. The maximum absolute atomic E-state index is 6.10. The maximum atomic E-state index is 6.10. The Balaban J connectivity index is 2.13. The molecule has 2 N–H and O–H groups in total. The number of rotatable bonds is 4. The third kappa shape index (κ3) is 3.62. The van der Waals surface area contributed by atoms with Gasteiger partial charge in [-0.1, -0.05) is 32.0 Å². The van der Waals surface area contributed by atoms with E-state index in [1.807, 2.05) is 0 Å². The highest BCUT2D eigenvalue weighted by atomic mass is 15.1. The molecule has 3 atom stereocenters. The summed E-state index contributed by atoms with van der Waals surface area (Å²) < 4.78 is 0. The third-order valence-corrected chi connectivity index (χ3v) is 4.66. The van der Waals surface area contributed by atoms with Crippen LogP contribution in [-0.4, -0.2) is 31.1 Å². The van der Waals surface area contributed by atoms with E-state index in [0.717, 1.165) is 24.9 Å². The summed E-state index contributed by atoms with van der Waals surface area (Å²) in [6.07, 6.45) is 1.37. The van der Waals surface area contributed by atoms with Crippen LogP contribution in [0.3, 0.4) is 0 Å². The van der Waals surface area contributed by atoms with Gasteiger partial charge in [0.05, 0.1) is 0 Å². The van der Waals surface area contributed by atoms with Crippen molar-refractivity contribution in [2.75, 3.05) is 26.2 Å². The Kier molecular flexibility index (Phi) is 5.22. The van der Waals surface area contributed by atoms with Crippen LogP contribution < -0.4 is 5.73 Å².